The lowest BCUT2D eigenvalue weighted by molar-refractivity contribution is -0.141. The van der Waals surface area contributed by atoms with Gasteiger partial charge in [0.15, 0.2) is 0 Å². The first-order chi connectivity index (χ1) is 22.1. The monoisotopic (exact) mass is 683 g/mol. The zero-order valence-electron chi connectivity index (χ0n) is 27.3. The van der Waals surface area contributed by atoms with Gasteiger partial charge in [-0.1, -0.05) is 60.7 Å². The van der Waals surface area contributed by atoms with Gasteiger partial charge < -0.3 is 19.1 Å². The number of amides is 1. The predicted octanol–water partition coefficient (Wildman–Crippen LogP) is 5.17. The number of hydrogen-bond donors (Lipinski definition) is 0. The first kappa shape index (κ1) is 35.4. The van der Waals surface area contributed by atoms with Gasteiger partial charge in [-0.3, -0.25) is 14.6 Å². The first-order valence-electron chi connectivity index (χ1n) is 16.6. The van der Waals surface area contributed by atoms with Crippen molar-refractivity contribution in [2.75, 3.05) is 59.7 Å². The number of fused-ring (bicyclic) bond motifs is 1. The lowest BCUT2D eigenvalue weighted by atomic mass is 9.81. The quantitative estimate of drug-likeness (QED) is 0.290. The Morgan fingerprint density at radius 1 is 0.915 bits per heavy atom. The van der Waals surface area contributed by atoms with Crippen molar-refractivity contribution in [3.05, 3.63) is 83.2 Å². The van der Waals surface area contributed by atoms with E-state index >= 15 is 0 Å². The van der Waals surface area contributed by atoms with Crippen molar-refractivity contribution >= 4 is 30.7 Å². The molecule has 4 heterocycles. The van der Waals surface area contributed by atoms with Gasteiger partial charge in [-0.15, -0.1) is 24.8 Å². The minimum absolute atomic E-state index is 0. The molecule has 47 heavy (non-hydrogen) atoms. The summed E-state index contributed by atoms with van der Waals surface area (Å²) in [5.74, 6) is 2.86. The van der Waals surface area contributed by atoms with Crippen molar-refractivity contribution in [3.8, 4) is 11.8 Å². The summed E-state index contributed by atoms with van der Waals surface area (Å²) < 4.78 is 17.6. The highest BCUT2D eigenvalue weighted by Crippen LogP contribution is 2.41. The molecule has 1 aliphatic carbocycles. The fourth-order valence-corrected chi connectivity index (χ4v) is 7.55. The van der Waals surface area contributed by atoms with Crippen LogP contribution in [0.1, 0.15) is 60.5 Å². The maximum Gasteiger partial charge on any atom is 0.228 e. The molecule has 3 saturated heterocycles. The van der Waals surface area contributed by atoms with Gasteiger partial charge in [-0.2, -0.15) is 9.97 Å². The molecule has 4 fully saturated rings. The number of hydrogen-bond acceptors (Lipinski definition) is 8. The number of piperazine rings is 2. The van der Waals surface area contributed by atoms with Gasteiger partial charge in [-0.25, -0.2) is 0 Å². The average molecular weight is 685 g/mol. The number of methoxy groups -OCH3 is 1. The number of aromatic nitrogens is 2. The summed E-state index contributed by atoms with van der Waals surface area (Å²) in [7, 11) is 1.69. The normalized spacial score (nSPS) is 23.0. The Labute approximate surface area is 290 Å². The van der Waals surface area contributed by atoms with Crippen LogP contribution in [0.4, 0.5) is 0 Å². The number of benzene rings is 2. The van der Waals surface area contributed by atoms with Gasteiger partial charge in [0, 0.05) is 69.8 Å². The summed E-state index contributed by atoms with van der Waals surface area (Å²) in [5, 5.41) is 0. The molecule has 254 valence electrons. The van der Waals surface area contributed by atoms with Crippen LogP contribution in [0.15, 0.2) is 60.7 Å². The molecule has 2 unspecified atom stereocenters. The lowest BCUT2D eigenvalue weighted by Gasteiger charge is -2.53. The van der Waals surface area contributed by atoms with Gasteiger partial charge in [0.25, 0.3) is 0 Å². The third-order valence-electron chi connectivity index (χ3n) is 9.91. The fraction of sp³-hybridized carbons (Fsp3) is 0.528. The van der Waals surface area contributed by atoms with E-state index in [1.54, 1.807) is 7.11 Å². The van der Waals surface area contributed by atoms with E-state index < -0.39 is 0 Å². The van der Waals surface area contributed by atoms with Crippen molar-refractivity contribution < 1.29 is 19.0 Å². The number of ether oxygens (including phenoxy) is 3. The molecule has 3 aromatic rings. The summed E-state index contributed by atoms with van der Waals surface area (Å²) in [6.45, 7) is 8.36. The number of halogens is 2. The Balaban J connectivity index is 0.00000217. The molecule has 9 nitrogen and oxygen atoms in total. The summed E-state index contributed by atoms with van der Waals surface area (Å²) >= 11 is 0. The SMILES string of the molecule is CCOc1nc(C2CC2)nc(OC)c1CN1CC(C(c2ccccc2)c2ccccc2)N2CCN(C(=O)C3CCOC3)C[C@H]2C1.Cl.Cl. The zero-order chi connectivity index (χ0) is 30.8. The van der Waals surface area contributed by atoms with E-state index in [4.69, 9.17) is 24.2 Å². The van der Waals surface area contributed by atoms with E-state index in [9.17, 15) is 4.79 Å². The van der Waals surface area contributed by atoms with Crippen LogP contribution in [0, 0.1) is 5.92 Å². The molecule has 0 radical (unpaired) electrons. The average Bonchev–Trinajstić information content (AvgIpc) is 3.79. The Morgan fingerprint density at radius 2 is 1.60 bits per heavy atom. The van der Waals surface area contributed by atoms with Gasteiger partial charge in [0.1, 0.15) is 5.82 Å². The van der Waals surface area contributed by atoms with Crippen LogP contribution in [-0.2, 0) is 16.1 Å². The van der Waals surface area contributed by atoms with Crippen molar-refractivity contribution in [1.29, 1.82) is 0 Å². The Bertz CT molecular complexity index is 1420. The second-order valence-electron chi connectivity index (χ2n) is 12.9. The molecule has 3 aliphatic heterocycles. The second kappa shape index (κ2) is 16.0. The lowest BCUT2D eigenvalue weighted by Crippen LogP contribution is -2.67. The Morgan fingerprint density at radius 3 is 2.19 bits per heavy atom. The second-order valence-corrected chi connectivity index (χ2v) is 12.9. The van der Waals surface area contributed by atoms with Crippen LogP contribution in [0.5, 0.6) is 11.8 Å². The van der Waals surface area contributed by atoms with Crippen molar-refractivity contribution in [3.63, 3.8) is 0 Å². The van der Waals surface area contributed by atoms with E-state index in [-0.39, 0.29) is 54.6 Å². The maximum atomic E-state index is 13.6. The largest absolute Gasteiger partial charge is 0.481 e. The smallest absolute Gasteiger partial charge is 0.228 e. The van der Waals surface area contributed by atoms with E-state index in [1.807, 2.05) is 6.92 Å². The number of carbonyl (C=O) groups is 1. The predicted molar refractivity (Wildman–Crippen MR) is 186 cm³/mol. The topological polar surface area (TPSA) is 80.3 Å². The molecule has 7 rings (SSSR count). The number of rotatable bonds is 10. The van der Waals surface area contributed by atoms with Crippen LogP contribution < -0.4 is 9.47 Å². The summed E-state index contributed by atoms with van der Waals surface area (Å²) in [6.07, 6.45) is 3.04. The fourth-order valence-electron chi connectivity index (χ4n) is 7.55. The van der Waals surface area contributed by atoms with Crippen molar-refractivity contribution in [2.45, 2.75) is 56.7 Å². The molecule has 3 atom stereocenters. The minimum Gasteiger partial charge on any atom is -0.481 e. The highest BCUT2D eigenvalue weighted by atomic mass is 35.5. The highest BCUT2D eigenvalue weighted by Gasteiger charge is 2.44. The van der Waals surface area contributed by atoms with E-state index in [1.165, 1.54) is 11.1 Å². The molecule has 0 bridgehead atoms. The van der Waals surface area contributed by atoms with Crippen LogP contribution in [-0.4, -0.2) is 102 Å². The van der Waals surface area contributed by atoms with E-state index in [0.717, 1.165) is 56.8 Å². The van der Waals surface area contributed by atoms with E-state index in [2.05, 4.69) is 75.4 Å². The molecule has 4 aliphatic rings. The molecular formula is C36H47Cl2N5O4. The van der Waals surface area contributed by atoms with Crippen molar-refractivity contribution in [1.82, 2.24) is 24.7 Å². The Hall–Kier alpha value is -2.95. The number of carbonyl (C=O) groups excluding carboxylic acids is 1. The first-order valence-corrected chi connectivity index (χ1v) is 16.6. The van der Waals surface area contributed by atoms with Crippen LogP contribution in [0.3, 0.4) is 0 Å². The van der Waals surface area contributed by atoms with Crippen LogP contribution in [0.2, 0.25) is 0 Å². The third kappa shape index (κ3) is 7.70. The van der Waals surface area contributed by atoms with Gasteiger partial charge in [0.05, 0.1) is 31.8 Å². The molecule has 0 spiro atoms. The molecule has 1 amide bonds. The summed E-state index contributed by atoms with van der Waals surface area (Å²) in [6, 6.07) is 22.2. The molecule has 0 N–H and O–H groups in total. The molecule has 1 saturated carbocycles. The minimum atomic E-state index is -0.0198. The van der Waals surface area contributed by atoms with Gasteiger partial charge >= 0.3 is 0 Å². The Kier molecular flexibility index (Phi) is 12.0. The molecule has 2 aromatic carbocycles. The van der Waals surface area contributed by atoms with Crippen LogP contribution in [0.25, 0.3) is 0 Å². The zero-order valence-corrected chi connectivity index (χ0v) is 29.0. The third-order valence-corrected chi connectivity index (χ3v) is 9.91. The molecular weight excluding hydrogens is 637 g/mol. The van der Waals surface area contributed by atoms with Gasteiger partial charge in [0.2, 0.25) is 17.7 Å². The van der Waals surface area contributed by atoms with Crippen LogP contribution >= 0.6 is 24.8 Å². The molecule has 11 heteroatoms. The summed E-state index contributed by atoms with van der Waals surface area (Å²) in [4.78, 5) is 30.6. The maximum absolute atomic E-state index is 13.6. The van der Waals surface area contributed by atoms with Crippen molar-refractivity contribution in [2.24, 2.45) is 5.92 Å². The number of nitrogens with zero attached hydrogens (tertiary/aromatic N) is 5. The molecule has 1 aromatic heterocycles. The van der Waals surface area contributed by atoms with E-state index in [0.29, 0.717) is 50.6 Å². The summed E-state index contributed by atoms with van der Waals surface area (Å²) in [5.41, 5.74) is 3.51. The highest BCUT2D eigenvalue weighted by molar-refractivity contribution is 5.85. The standard InChI is InChI=1S/C36H45N5O4.2ClH/c1-3-45-35-30(34(43-2)37-33(38-35)27-14-15-27)22-39-20-29-21-40(36(42)28-16-19-44-24-28)17-18-41(29)31(23-39)32(25-10-6-4-7-11-25)26-12-8-5-9-13-26;;/h4-13,27-29,31-32H,3,14-24H2,1-2H3;2*1H/t28?,29-,31?;;/m1../s1. The van der Waals surface area contributed by atoms with Gasteiger partial charge in [-0.05, 0) is 37.3 Å².